The average Bonchev–Trinajstić information content (AvgIpc) is 0. The van der Waals surface area contributed by atoms with E-state index >= 15 is 0 Å². The third-order valence-electron chi connectivity index (χ3n) is 0. The van der Waals surface area contributed by atoms with Crippen molar-refractivity contribution in [2.45, 2.75) is 0 Å². The Hall–Kier alpha value is 3.68. The van der Waals surface area contributed by atoms with Crippen LogP contribution in [0.2, 0.25) is 0 Å². The summed E-state index contributed by atoms with van der Waals surface area (Å²) in [5.41, 5.74) is 0. The van der Waals surface area contributed by atoms with Crippen LogP contribution in [-0.2, 0) is 19.5 Å². The minimum absolute atomic E-state index is 0. The molecule has 0 saturated carbocycles. The molecule has 9 radical (unpaired) electrons. The molecule has 0 amide bonds. The van der Waals surface area contributed by atoms with E-state index in [1.807, 2.05) is 0 Å². The molecular formula is H2AlBiInMgZn. The Balaban J connectivity index is 0. The molecule has 0 aliphatic heterocycles. The molecular weight excluding hydrogens is 440 g/mol. The summed E-state index contributed by atoms with van der Waals surface area (Å²) in [7, 11) is 0. The van der Waals surface area contributed by atoms with Crippen LogP contribution < -0.4 is 0 Å². The van der Waals surface area contributed by atoms with Gasteiger partial charge in [-0.25, -0.2) is 0 Å². The van der Waals surface area contributed by atoms with E-state index in [2.05, 4.69) is 0 Å². The molecule has 0 aromatic rings. The van der Waals surface area contributed by atoms with Crippen LogP contribution in [0.4, 0.5) is 0 Å². The predicted octanol–water partition coefficient (Wildman–Crippen LogP) is -2.06. The molecule has 0 aromatic heterocycles. The monoisotopic (exact) mass is 441 g/mol. The first-order chi connectivity index (χ1) is 0. The topological polar surface area (TPSA) is 0 Å². The summed E-state index contributed by atoms with van der Waals surface area (Å²) in [6.07, 6.45) is 0. The molecule has 0 aromatic carbocycles. The van der Waals surface area contributed by atoms with Gasteiger partial charge in [0.05, 0.1) is 0 Å². The van der Waals surface area contributed by atoms with E-state index in [1.165, 1.54) is 0 Å². The zero-order chi connectivity index (χ0) is 0. The van der Waals surface area contributed by atoms with Crippen molar-refractivity contribution in [3.8, 4) is 0 Å². The van der Waals surface area contributed by atoms with Gasteiger partial charge in [0.1, 0.15) is 0 Å². The van der Waals surface area contributed by atoms with Crippen LogP contribution >= 0.6 is 0 Å². The van der Waals surface area contributed by atoms with E-state index in [-0.39, 0.29) is 112 Å². The second-order valence-corrected chi connectivity index (χ2v) is 0. The Morgan fingerprint density at radius 2 is 1.00 bits per heavy atom. The molecule has 0 atom stereocenters. The van der Waals surface area contributed by atoms with Crippen molar-refractivity contribution in [2.75, 3.05) is 0 Å². The van der Waals surface area contributed by atoms with Crippen LogP contribution in [0.1, 0.15) is 0 Å². The second-order valence-electron chi connectivity index (χ2n) is 0. The van der Waals surface area contributed by atoms with Crippen molar-refractivity contribution in [3.63, 3.8) is 0 Å². The van der Waals surface area contributed by atoms with Crippen LogP contribution in [0.25, 0.3) is 0 Å². The van der Waals surface area contributed by atoms with Crippen molar-refractivity contribution in [1.82, 2.24) is 0 Å². The Morgan fingerprint density at radius 3 is 1.00 bits per heavy atom. The van der Waals surface area contributed by atoms with Crippen molar-refractivity contribution in [2.24, 2.45) is 0 Å². The van der Waals surface area contributed by atoms with E-state index in [0.717, 1.165) is 0 Å². The molecule has 5 heteroatoms. The molecule has 0 fully saturated rings. The SMILES string of the molecule is [Al].[Bi].[In].[MgH2].[Zn]. The zero-order valence-corrected chi connectivity index (χ0v) is 13.2. The Bertz CT molecular complexity index is 11.6. The largest absolute Gasteiger partial charge is 0.316 e. The Kier molecular flexibility index (Phi) is 192. The summed E-state index contributed by atoms with van der Waals surface area (Å²) in [5, 5.41) is 0. The van der Waals surface area contributed by atoms with Crippen LogP contribution in [0.3, 0.4) is 0 Å². The maximum atomic E-state index is 0. The van der Waals surface area contributed by atoms with Crippen molar-refractivity contribution >= 4 is 92.5 Å². The molecule has 5 heavy (non-hydrogen) atoms. The molecule has 0 N–H and O–H groups in total. The molecule has 0 spiro atoms. The summed E-state index contributed by atoms with van der Waals surface area (Å²) in [4.78, 5) is 0. The fourth-order valence-electron chi connectivity index (χ4n) is 0. The number of rotatable bonds is 0. The molecule has 0 aliphatic carbocycles. The Morgan fingerprint density at radius 1 is 1.00 bits per heavy atom. The summed E-state index contributed by atoms with van der Waals surface area (Å²) in [5.74, 6) is 0. The molecule has 0 unspecified atom stereocenters. The van der Waals surface area contributed by atoms with Gasteiger partial charge in [0.2, 0.25) is 0 Å². The van der Waals surface area contributed by atoms with Gasteiger partial charge in [0.15, 0.2) is 0 Å². The minimum Gasteiger partial charge on any atom is 0 e. The third-order valence-corrected chi connectivity index (χ3v) is 0. The number of hydrogen-bond donors (Lipinski definition) is 0. The van der Waals surface area contributed by atoms with Gasteiger partial charge in [-0.3, -0.25) is 0 Å². The third kappa shape index (κ3) is 18.3. The van der Waals surface area contributed by atoms with E-state index in [9.17, 15) is 0 Å². The standard InChI is InChI=1S/Al.Bi.In.Mg.Zn.2H. The summed E-state index contributed by atoms with van der Waals surface area (Å²) in [6, 6.07) is 0. The zero-order valence-electron chi connectivity index (χ0n) is 2.31. The van der Waals surface area contributed by atoms with Crippen LogP contribution in [-0.4, -0.2) is 92.5 Å². The molecule has 0 heterocycles. The fourth-order valence-corrected chi connectivity index (χ4v) is 0. The minimum atomic E-state index is 0. The van der Waals surface area contributed by atoms with Gasteiger partial charge in [-0.15, -0.1) is 0 Å². The van der Waals surface area contributed by atoms with Gasteiger partial charge in [-0.05, 0) is 0 Å². The van der Waals surface area contributed by atoms with Gasteiger partial charge in [0.25, 0.3) is 0 Å². The van der Waals surface area contributed by atoms with Gasteiger partial charge in [-0.1, -0.05) is 0 Å². The quantitative estimate of drug-likeness (QED) is 0.379. The summed E-state index contributed by atoms with van der Waals surface area (Å²) >= 11 is 0. The Labute approximate surface area is 110 Å². The fraction of sp³-hybridized carbons (Fsp3) is 0. The van der Waals surface area contributed by atoms with Gasteiger partial charge in [0, 0.05) is 88.9 Å². The number of hydrogen-bond acceptors (Lipinski definition) is 0. The average molecular weight is 442 g/mol. The maximum Gasteiger partial charge on any atom is 0.316 e. The van der Waals surface area contributed by atoms with Crippen LogP contribution in [0.5, 0.6) is 0 Å². The first kappa shape index (κ1) is 37.8. The predicted molar refractivity (Wildman–Crippen MR) is 25.8 cm³/mol. The molecule has 0 bridgehead atoms. The van der Waals surface area contributed by atoms with E-state index in [1.54, 1.807) is 0 Å². The van der Waals surface area contributed by atoms with Crippen molar-refractivity contribution in [1.29, 1.82) is 0 Å². The van der Waals surface area contributed by atoms with E-state index < -0.39 is 0 Å². The maximum absolute atomic E-state index is 0. The van der Waals surface area contributed by atoms with Gasteiger partial charge >= 0.3 is 23.1 Å². The van der Waals surface area contributed by atoms with Crippen molar-refractivity contribution in [3.05, 3.63) is 0 Å². The summed E-state index contributed by atoms with van der Waals surface area (Å²) < 4.78 is 0. The molecule has 17 valence electrons. The van der Waals surface area contributed by atoms with Crippen LogP contribution in [0, 0.1) is 0 Å². The molecule has 0 rings (SSSR count). The van der Waals surface area contributed by atoms with E-state index in [4.69, 9.17) is 0 Å². The molecule has 0 nitrogen and oxygen atoms in total. The van der Waals surface area contributed by atoms with Crippen molar-refractivity contribution < 1.29 is 19.5 Å². The van der Waals surface area contributed by atoms with E-state index in [0.29, 0.717) is 0 Å². The van der Waals surface area contributed by atoms with Crippen LogP contribution in [0.15, 0.2) is 0 Å². The normalized spacial score (nSPS) is 0. The second kappa shape index (κ2) is 25.3. The first-order valence-electron chi connectivity index (χ1n) is 0. The molecule has 0 saturated heterocycles. The first-order valence-corrected chi connectivity index (χ1v) is 0. The molecule has 0 aliphatic rings. The van der Waals surface area contributed by atoms with Gasteiger partial charge < -0.3 is 0 Å². The summed E-state index contributed by atoms with van der Waals surface area (Å²) in [6.45, 7) is 0. The van der Waals surface area contributed by atoms with Gasteiger partial charge in [-0.2, -0.15) is 0 Å². The smallest absolute Gasteiger partial charge is 0 e.